The SMILES string of the molecule is NC(=O)c1cc2nc(Nc3c(Cl)cccc3Cl)[nH]c2cc1F. The summed E-state index contributed by atoms with van der Waals surface area (Å²) in [5.74, 6) is -1.26. The van der Waals surface area contributed by atoms with Gasteiger partial charge in [0.2, 0.25) is 5.95 Å². The molecule has 0 saturated carbocycles. The van der Waals surface area contributed by atoms with Crippen molar-refractivity contribution in [2.24, 2.45) is 5.73 Å². The van der Waals surface area contributed by atoms with Gasteiger partial charge in [0.05, 0.1) is 32.3 Å². The first kappa shape index (κ1) is 14.6. The highest BCUT2D eigenvalue weighted by atomic mass is 35.5. The molecular weight excluding hydrogens is 330 g/mol. The Morgan fingerprint density at radius 3 is 2.59 bits per heavy atom. The quantitative estimate of drug-likeness (QED) is 0.678. The number of imidazole rings is 1. The van der Waals surface area contributed by atoms with E-state index in [1.54, 1.807) is 18.2 Å². The van der Waals surface area contributed by atoms with Gasteiger partial charge in [0.25, 0.3) is 5.91 Å². The Balaban J connectivity index is 2.04. The predicted molar refractivity (Wildman–Crippen MR) is 84.3 cm³/mol. The molecule has 0 atom stereocenters. The summed E-state index contributed by atoms with van der Waals surface area (Å²) in [5.41, 5.74) is 6.16. The standard InChI is InChI=1S/C14H9Cl2FN4O/c15-7-2-1-3-8(16)12(7)21-14-19-10-4-6(13(18)22)9(17)5-11(10)20-14/h1-5H,(H2,18,22)(H2,19,20,21). The number of nitrogens with two attached hydrogens (primary N) is 1. The molecule has 0 fully saturated rings. The number of fused-ring (bicyclic) bond motifs is 1. The molecule has 1 heterocycles. The third-order valence-corrected chi connectivity index (χ3v) is 3.67. The largest absolute Gasteiger partial charge is 0.366 e. The summed E-state index contributed by atoms with van der Waals surface area (Å²) in [7, 11) is 0. The van der Waals surface area contributed by atoms with Crippen LogP contribution in [0.1, 0.15) is 10.4 Å². The first-order valence-corrected chi connectivity index (χ1v) is 6.91. The zero-order valence-electron chi connectivity index (χ0n) is 11.0. The van der Waals surface area contributed by atoms with Crippen molar-refractivity contribution in [2.45, 2.75) is 0 Å². The van der Waals surface area contributed by atoms with E-state index in [1.165, 1.54) is 6.07 Å². The molecule has 0 aliphatic rings. The fourth-order valence-electron chi connectivity index (χ4n) is 2.01. The molecular formula is C14H9Cl2FN4O. The molecule has 0 saturated heterocycles. The molecule has 0 bridgehead atoms. The van der Waals surface area contributed by atoms with Gasteiger partial charge in [-0.15, -0.1) is 0 Å². The molecule has 3 rings (SSSR count). The second-order valence-corrected chi connectivity index (χ2v) is 5.33. The van der Waals surface area contributed by atoms with Gasteiger partial charge in [0, 0.05) is 6.07 Å². The highest BCUT2D eigenvalue weighted by molar-refractivity contribution is 6.39. The van der Waals surface area contributed by atoms with Crippen LogP contribution >= 0.6 is 23.2 Å². The Labute approximate surface area is 134 Å². The van der Waals surface area contributed by atoms with Crippen molar-refractivity contribution in [3.8, 4) is 0 Å². The molecule has 0 unspecified atom stereocenters. The van der Waals surface area contributed by atoms with Gasteiger partial charge in [-0.3, -0.25) is 4.79 Å². The van der Waals surface area contributed by atoms with Crippen LogP contribution in [0.5, 0.6) is 0 Å². The summed E-state index contributed by atoms with van der Waals surface area (Å²) in [6, 6.07) is 7.49. The number of carbonyl (C=O) groups is 1. The smallest absolute Gasteiger partial charge is 0.251 e. The molecule has 1 aromatic heterocycles. The molecule has 22 heavy (non-hydrogen) atoms. The highest BCUT2D eigenvalue weighted by Gasteiger charge is 2.14. The normalized spacial score (nSPS) is 10.9. The molecule has 3 aromatic rings. The molecule has 112 valence electrons. The molecule has 0 radical (unpaired) electrons. The number of benzene rings is 2. The minimum Gasteiger partial charge on any atom is -0.366 e. The van der Waals surface area contributed by atoms with Crippen molar-refractivity contribution in [1.29, 1.82) is 0 Å². The fourth-order valence-corrected chi connectivity index (χ4v) is 2.51. The zero-order valence-corrected chi connectivity index (χ0v) is 12.5. The van der Waals surface area contributed by atoms with E-state index in [-0.39, 0.29) is 5.56 Å². The van der Waals surface area contributed by atoms with Gasteiger partial charge in [0.1, 0.15) is 5.82 Å². The third kappa shape index (κ3) is 2.58. The molecule has 2 aromatic carbocycles. The minimum atomic E-state index is -0.856. The van der Waals surface area contributed by atoms with Crippen molar-refractivity contribution >= 4 is 51.8 Å². The Morgan fingerprint density at radius 2 is 1.95 bits per heavy atom. The highest BCUT2D eigenvalue weighted by Crippen LogP contribution is 2.32. The number of para-hydroxylation sites is 1. The average Bonchev–Trinajstić information content (AvgIpc) is 2.83. The van der Waals surface area contributed by atoms with Crippen LogP contribution in [0.4, 0.5) is 16.0 Å². The number of nitrogens with one attached hydrogen (secondary N) is 2. The average molecular weight is 339 g/mol. The van der Waals surface area contributed by atoms with Crippen LogP contribution in [0.25, 0.3) is 11.0 Å². The number of aromatic nitrogens is 2. The zero-order chi connectivity index (χ0) is 15.9. The number of aromatic amines is 1. The predicted octanol–water partition coefficient (Wildman–Crippen LogP) is 3.85. The van der Waals surface area contributed by atoms with E-state index >= 15 is 0 Å². The monoisotopic (exact) mass is 338 g/mol. The van der Waals surface area contributed by atoms with E-state index in [0.717, 1.165) is 6.07 Å². The number of nitrogens with zero attached hydrogens (tertiary/aromatic N) is 1. The van der Waals surface area contributed by atoms with Gasteiger partial charge in [-0.2, -0.15) is 0 Å². The van der Waals surface area contributed by atoms with Crippen LogP contribution < -0.4 is 11.1 Å². The van der Waals surface area contributed by atoms with Gasteiger partial charge in [0.15, 0.2) is 0 Å². The Bertz CT molecular complexity index is 874. The second kappa shape index (κ2) is 5.47. The number of hydrogen-bond acceptors (Lipinski definition) is 3. The van der Waals surface area contributed by atoms with Crippen molar-refractivity contribution in [1.82, 2.24) is 9.97 Å². The van der Waals surface area contributed by atoms with Gasteiger partial charge in [-0.05, 0) is 18.2 Å². The van der Waals surface area contributed by atoms with Gasteiger partial charge in [-0.1, -0.05) is 29.3 Å². The summed E-state index contributed by atoms with van der Waals surface area (Å²) >= 11 is 12.1. The van der Waals surface area contributed by atoms with E-state index in [0.29, 0.717) is 32.7 Å². The second-order valence-electron chi connectivity index (χ2n) is 4.52. The number of hydrogen-bond donors (Lipinski definition) is 3. The van der Waals surface area contributed by atoms with Crippen LogP contribution in [0.15, 0.2) is 30.3 Å². The summed E-state index contributed by atoms with van der Waals surface area (Å²) in [6.45, 7) is 0. The van der Waals surface area contributed by atoms with E-state index in [9.17, 15) is 9.18 Å². The van der Waals surface area contributed by atoms with Crippen molar-refractivity contribution < 1.29 is 9.18 Å². The lowest BCUT2D eigenvalue weighted by atomic mass is 10.2. The number of anilines is 2. The van der Waals surface area contributed by atoms with Crippen LogP contribution in [0.2, 0.25) is 10.0 Å². The maximum absolute atomic E-state index is 13.7. The lowest BCUT2D eigenvalue weighted by Crippen LogP contribution is -2.12. The molecule has 0 aliphatic heterocycles. The van der Waals surface area contributed by atoms with Crippen LogP contribution in [-0.2, 0) is 0 Å². The van der Waals surface area contributed by atoms with E-state index in [2.05, 4.69) is 15.3 Å². The molecule has 1 amide bonds. The Kier molecular flexibility index (Phi) is 3.64. The Hall–Kier alpha value is -2.31. The molecule has 5 nitrogen and oxygen atoms in total. The molecule has 0 aliphatic carbocycles. The fraction of sp³-hybridized carbons (Fsp3) is 0. The topological polar surface area (TPSA) is 83.8 Å². The summed E-state index contributed by atoms with van der Waals surface area (Å²) in [4.78, 5) is 18.2. The van der Waals surface area contributed by atoms with Crippen molar-refractivity contribution in [3.05, 3.63) is 51.8 Å². The number of H-pyrrole nitrogens is 1. The summed E-state index contributed by atoms with van der Waals surface area (Å²) in [6.07, 6.45) is 0. The summed E-state index contributed by atoms with van der Waals surface area (Å²) in [5, 5.41) is 3.76. The van der Waals surface area contributed by atoms with E-state index < -0.39 is 11.7 Å². The van der Waals surface area contributed by atoms with Gasteiger partial charge >= 0.3 is 0 Å². The lowest BCUT2D eigenvalue weighted by Gasteiger charge is -2.06. The van der Waals surface area contributed by atoms with Gasteiger partial charge in [-0.25, -0.2) is 9.37 Å². The third-order valence-electron chi connectivity index (χ3n) is 3.04. The number of rotatable bonds is 3. The maximum Gasteiger partial charge on any atom is 0.251 e. The molecule has 0 spiro atoms. The van der Waals surface area contributed by atoms with Crippen LogP contribution in [-0.4, -0.2) is 15.9 Å². The van der Waals surface area contributed by atoms with E-state index in [4.69, 9.17) is 28.9 Å². The van der Waals surface area contributed by atoms with Crippen molar-refractivity contribution in [2.75, 3.05) is 5.32 Å². The number of carbonyl (C=O) groups excluding carboxylic acids is 1. The van der Waals surface area contributed by atoms with Crippen LogP contribution in [0, 0.1) is 5.82 Å². The molecule has 4 N–H and O–H groups in total. The first-order chi connectivity index (χ1) is 10.5. The summed E-state index contributed by atoms with van der Waals surface area (Å²) < 4.78 is 13.7. The number of amides is 1. The lowest BCUT2D eigenvalue weighted by molar-refractivity contribution is 0.0996. The first-order valence-electron chi connectivity index (χ1n) is 6.16. The van der Waals surface area contributed by atoms with Crippen LogP contribution in [0.3, 0.4) is 0 Å². The Morgan fingerprint density at radius 1 is 1.27 bits per heavy atom. The van der Waals surface area contributed by atoms with Gasteiger partial charge < -0.3 is 16.0 Å². The van der Waals surface area contributed by atoms with E-state index in [1.807, 2.05) is 0 Å². The number of primary amides is 1. The molecule has 8 heteroatoms. The maximum atomic E-state index is 13.7. The van der Waals surface area contributed by atoms with Crippen molar-refractivity contribution in [3.63, 3.8) is 0 Å². The number of halogens is 3. The minimum absolute atomic E-state index is 0.221.